The molecule has 0 bridgehead atoms. The van der Waals surface area contributed by atoms with Gasteiger partial charge in [-0.3, -0.25) is 4.79 Å². The van der Waals surface area contributed by atoms with Crippen LogP contribution in [-0.2, 0) is 11.2 Å². The highest BCUT2D eigenvalue weighted by Gasteiger charge is 1.99. The molecule has 1 amide bonds. The van der Waals surface area contributed by atoms with E-state index in [0.29, 0.717) is 5.02 Å². The number of aryl methyl sites for hydroxylation is 1. The fourth-order valence-electron chi connectivity index (χ4n) is 2.07. The maximum atomic E-state index is 11.9. The standard InChI is InChI=1S/C19H20ClNO/c1-2-3-4-15-7-12-18(13-8-15)21-19(22)14-9-16-5-10-17(20)11-6-16/h5-14H,2-4H2,1H3,(H,21,22). The number of nitrogens with one attached hydrogen (secondary N) is 1. The zero-order valence-corrected chi connectivity index (χ0v) is 13.4. The Balaban J connectivity index is 1.89. The Kier molecular flexibility index (Phi) is 6.23. The number of carbonyl (C=O) groups is 1. The fourth-order valence-corrected chi connectivity index (χ4v) is 2.19. The first kappa shape index (κ1) is 16.3. The van der Waals surface area contributed by atoms with Crippen LogP contribution in [0.5, 0.6) is 0 Å². The number of halogens is 1. The fraction of sp³-hybridized carbons (Fsp3) is 0.211. The minimum atomic E-state index is -0.142. The van der Waals surface area contributed by atoms with Crippen LogP contribution in [0.2, 0.25) is 5.02 Å². The van der Waals surface area contributed by atoms with Gasteiger partial charge in [0.1, 0.15) is 0 Å². The number of unbranched alkanes of at least 4 members (excludes halogenated alkanes) is 1. The number of amides is 1. The molecule has 3 heteroatoms. The van der Waals surface area contributed by atoms with Crippen molar-refractivity contribution in [1.82, 2.24) is 0 Å². The molecule has 0 saturated carbocycles. The lowest BCUT2D eigenvalue weighted by molar-refractivity contribution is -0.111. The van der Waals surface area contributed by atoms with Gasteiger partial charge in [0, 0.05) is 16.8 Å². The Hall–Kier alpha value is -2.06. The zero-order chi connectivity index (χ0) is 15.8. The molecule has 0 spiro atoms. The van der Waals surface area contributed by atoms with Crippen LogP contribution in [0, 0.1) is 0 Å². The van der Waals surface area contributed by atoms with Crippen molar-refractivity contribution in [2.45, 2.75) is 26.2 Å². The third-order valence-corrected chi connectivity index (χ3v) is 3.59. The van der Waals surface area contributed by atoms with E-state index in [1.807, 2.05) is 24.3 Å². The molecule has 0 aliphatic carbocycles. The predicted octanol–water partition coefficient (Wildman–Crippen LogP) is 5.33. The van der Waals surface area contributed by atoms with E-state index in [-0.39, 0.29) is 5.91 Å². The predicted molar refractivity (Wildman–Crippen MR) is 94.2 cm³/mol. The number of hydrogen-bond donors (Lipinski definition) is 1. The lowest BCUT2D eigenvalue weighted by atomic mass is 10.1. The van der Waals surface area contributed by atoms with Crippen LogP contribution in [0.3, 0.4) is 0 Å². The van der Waals surface area contributed by atoms with Crippen molar-refractivity contribution in [2.24, 2.45) is 0 Å². The molecule has 0 aromatic heterocycles. The van der Waals surface area contributed by atoms with Crippen LogP contribution in [0.1, 0.15) is 30.9 Å². The summed E-state index contributed by atoms with van der Waals surface area (Å²) in [4.78, 5) is 11.9. The van der Waals surface area contributed by atoms with Crippen LogP contribution >= 0.6 is 11.6 Å². The second kappa shape index (κ2) is 8.40. The molecule has 0 atom stereocenters. The molecule has 2 nitrogen and oxygen atoms in total. The minimum Gasteiger partial charge on any atom is -0.323 e. The van der Waals surface area contributed by atoms with Crippen LogP contribution in [0.15, 0.2) is 54.6 Å². The number of benzene rings is 2. The normalized spacial score (nSPS) is 10.8. The van der Waals surface area contributed by atoms with Gasteiger partial charge < -0.3 is 5.32 Å². The molecule has 22 heavy (non-hydrogen) atoms. The quantitative estimate of drug-likeness (QED) is 0.717. The Morgan fingerprint density at radius 2 is 1.77 bits per heavy atom. The van der Waals surface area contributed by atoms with E-state index in [0.717, 1.165) is 17.7 Å². The molecule has 2 aromatic rings. The van der Waals surface area contributed by atoms with Crippen LogP contribution < -0.4 is 5.32 Å². The maximum Gasteiger partial charge on any atom is 0.248 e. The highest BCUT2D eigenvalue weighted by atomic mass is 35.5. The molecule has 114 valence electrons. The molecule has 0 unspecified atom stereocenters. The van der Waals surface area contributed by atoms with Gasteiger partial charge in [-0.25, -0.2) is 0 Å². The minimum absolute atomic E-state index is 0.142. The topological polar surface area (TPSA) is 29.1 Å². The van der Waals surface area contributed by atoms with Gasteiger partial charge >= 0.3 is 0 Å². The Bertz CT molecular complexity index is 629. The van der Waals surface area contributed by atoms with Crippen molar-refractivity contribution in [3.05, 3.63) is 70.8 Å². The Labute approximate surface area is 136 Å². The summed E-state index contributed by atoms with van der Waals surface area (Å²) < 4.78 is 0. The average Bonchev–Trinajstić information content (AvgIpc) is 2.54. The highest BCUT2D eigenvalue weighted by Crippen LogP contribution is 2.13. The van der Waals surface area contributed by atoms with Crippen molar-refractivity contribution in [3.63, 3.8) is 0 Å². The molecule has 0 saturated heterocycles. The molecule has 0 aliphatic heterocycles. The van der Waals surface area contributed by atoms with E-state index in [4.69, 9.17) is 11.6 Å². The molecule has 0 aliphatic rings. The molecule has 0 radical (unpaired) electrons. The highest BCUT2D eigenvalue weighted by molar-refractivity contribution is 6.30. The smallest absolute Gasteiger partial charge is 0.248 e. The molecule has 0 fully saturated rings. The molecule has 2 rings (SSSR count). The van der Waals surface area contributed by atoms with Crippen molar-refractivity contribution in [1.29, 1.82) is 0 Å². The van der Waals surface area contributed by atoms with Crippen LogP contribution in [0.4, 0.5) is 5.69 Å². The van der Waals surface area contributed by atoms with Crippen molar-refractivity contribution in [3.8, 4) is 0 Å². The van der Waals surface area contributed by atoms with Gasteiger partial charge in [-0.1, -0.05) is 49.2 Å². The van der Waals surface area contributed by atoms with Crippen molar-refractivity contribution >= 4 is 29.3 Å². The van der Waals surface area contributed by atoms with Crippen LogP contribution in [0.25, 0.3) is 6.08 Å². The third kappa shape index (κ3) is 5.38. The van der Waals surface area contributed by atoms with Gasteiger partial charge in [0.25, 0.3) is 0 Å². The van der Waals surface area contributed by atoms with E-state index in [1.165, 1.54) is 24.5 Å². The summed E-state index contributed by atoms with van der Waals surface area (Å²) in [5.74, 6) is -0.142. The third-order valence-electron chi connectivity index (χ3n) is 3.34. The van der Waals surface area contributed by atoms with Gasteiger partial charge in [0.15, 0.2) is 0 Å². The molecular weight excluding hydrogens is 294 g/mol. The first-order valence-corrected chi connectivity index (χ1v) is 7.89. The first-order chi connectivity index (χ1) is 10.7. The first-order valence-electron chi connectivity index (χ1n) is 7.51. The van der Waals surface area contributed by atoms with Crippen molar-refractivity contribution < 1.29 is 4.79 Å². The summed E-state index contributed by atoms with van der Waals surface area (Å²) >= 11 is 5.82. The van der Waals surface area contributed by atoms with E-state index >= 15 is 0 Å². The van der Waals surface area contributed by atoms with Crippen molar-refractivity contribution in [2.75, 3.05) is 5.32 Å². The summed E-state index contributed by atoms with van der Waals surface area (Å²) in [6, 6.07) is 15.4. The van der Waals surface area contributed by atoms with Crippen LogP contribution in [-0.4, -0.2) is 5.91 Å². The second-order valence-corrected chi connectivity index (χ2v) is 5.61. The number of carbonyl (C=O) groups excluding carboxylic acids is 1. The van der Waals surface area contributed by atoms with Gasteiger partial charge in [-0.05, 0) is 54.3 Å². The summed E-state index contributed by atoms with van der Waals surface area (Å²) in [6.07, 6.45) is 6.75. The molecular formula is C19H20ClNO. The summed E-state index contributed by atoms with van der Waals surface area (Å²) in [6.45, 7) is 2.18. The van der Waals surface area contributed by atoms with Gasteiger partial charge in [-0.2, -0.15) is 0 Å². The lowest BCUT2D eigenvalue weighted by Crippen LogP contribution is -2.07. The van der Waals surface area contributed by atoms with Gasteiger partial charge in [0.05, 0.1) is 0 Å². The van der Waals surface area contributed by atoms with E-state index in [2.05, 4.69) is 24.4 Å². The maximum absolute atomic E-state index is 11.9. The van der Waals surface area contributed by atoms with E-state index in [1.54, 1.807) is 18.2 Å². The average molecular weight is 314 g/mol. The summed E-state index contributed by atoms with van der Waals surface area (Å²) in [7, 11) is 0. The second-order valence-electron chi connectivity index (χ2n) is 5.17. The van der Waals surface area contributed by atoms with E-state index in [9.17, 15) is 4.79 Å². The number of anilines is 1. The largest absolute Gasteiger partial charge is 0.323 e. The SMILES string of the molecule is CCCCc1ccc(NC(=O)C=Cc2ccc(Cl)cc2)cc1. The van der Waals surface area contributed by atoms with Gasteiger partial charge in [-0.15, -0.1) is 0 Å². The molecule has 2 aromatic carbocycles. The zero-order valence-electron chi connectivity index (χ0n) is 12.7. The monoisotopic (exact) mass is 313 g/mol. The molecule has 1 N–H and O–H groups in total. The summed E-state index contributed by atoms with van der Waals surface area (Å²) in [5, 5.41) is 3.54. The summed E-state index contributed by atoms with van der Waals surface area (Å²) in [5.41, 5.74) is 3.05. The lowest BCUT2D eigenvalue weighted by Gasteiger charge is -2.04. The number of rotatable bonds is 6. The van der Waals surface area contributed by atoms with Gasteiger partial charge in [0.2, 0.25) is 5.91 Å². The number of hydrogen-bond acceptors (Lipinski definition) is 1. The Morgan fingerprint density at radius 1 is 1.09 bits per heavy atom. The van der Waals surface area contributed by atoms with E-state index < -0.39 is 0 Å². The Morgan fingerprint density at radius 3 is 2.41 bits per heavy atom. The molecule has 0 heterocycles.